The van der Waals surface area contributed by atoms with E-state index in [0.717, 1.165) is 31.0 Å². The molecule has 1 saturated carbocycles. The Labute approximate surface area is 130 Å². The lowest BCUT2D eigenvalue weighted by Crippen LogP contribution is -2.14. The Balaban J connectivity index is 2.23. The number of nitrogens with one attached hydrogen (secondary N) is 1. The highest BCUT2D eigenvalue weighted by atomic mass is 15.0. The van der Waals surface area contributed by atoms with Gasteiger partial charge in [-0.2, -0.15) is 0 Å². The highest BCUT2D eigenvalue weighted by molar-refractivity contribution is 5.46. The molecule has 0 amide bonds. The summed E-state index contributed by atoms with van der Waals surface area (Å²) in [7, 11) is 0. The number of rotatable bonds is 5. The van der Waals surface area contributed by atoms with Crippen molar-refractivity contribution in [3.63, 3.8) is 0 Å². The van der Waals surface area contributed by atoms with E-state index >= 15 is 0 Å². The van der Waals surface area contributed by atoms with Crippen molar-refractivity contribution in [2.45, 2.75) is 84.5 Å². The molecule has 0 unspecified atom stereocenters. The van der Waals surface area contributed by atoms with Gasteiger partial charge in [0.25, 0.3) is 0 Å². The van der Waals surface area contributed by atoms with Crippen LogP contribution in [-0.2, 0) is 6.42 Å². The van der Waals surface area contributed by atoms with Crippen LogP contribution >= 0.6 is 0 Å². The second-order valence-electron chi connectivity index (χ2n) is 6.32. The van der Waals surface area contributed by atoms with E-state index in [1.807, 2.05) is 0 Å². The third kappa shape index (κ3) is 4.42. The van der Waals surface area contributed by atoms with Crippen molar-refractivity contribution in [2.24, 2.45) is 0 Å². The van der Waals surface area contributed by atoms with Crippen LogP contribution in [0.3, 0.4) is 0 Å². The summed E-state index contributed by atoms with van der Waals surface area (Å²) in [6.07, 6.45) is 11.5. The SMILES string of the molecule is CCCNc1nc(C2CCCCCCC2)nc(C)c1CC. The van der Waals surface area contributed by atoms with Gasteiger partial charge in [-0.15, -0.1) is 0 Å². The van der Waals surface area contributed by atoms with Gasteiger partial charge in [0.1, 0.15) is 11.6 Å². The van der Waals surface area contributed by atoms with E-state index in [1.165, 1.54) is 56.2 Å². The van der Waals surface area contributed by atoms with Crippen molar-refractivity contribution in [1.29, 1.82) is 0 Å². The molecule has 0 bridgehead atoms. The molecular weight excluding hydrogens is 258 g/mol. The highest BCUT2D eigenvalue weighted by Gasteiger charge is 2.19. The van der Waals surface area contributed by atoms with E-state index in [2.05, 4.69) is 26.1 Å². The first-order valence-electron chi connectivity index (χ1n) is 8.87. The van der Waals surface area contributed by atoms with Crippen LogP contribution in [0.5, 0.6) is 0 Å². The van der Waals surface area contributed by atoms with E-state index in [1.54, 1.807) is 0 Å². The van der Waals surface area contributed by atoms with Crippen LogP contribution < -0.4 is 5.32 Å². The zero-order valence-electron chi connectivity index (χ0n) is 14.0. The van der Waals surface area contributed by atoms with Crippen LogP contribution in [0.15, 0.2) is 0 Å². The second kappa shape index (κ2) is 8.35. The second-order valence-corrected chi connectivity index (χ2v) is 6.32. The lowest BCUT2D eigenvalue weighted by Gasteiger charge is -2.21. The van der Waals surface area contributed by atoms with Crippen molar-refractivity contribution in [3.05, 3.63) is 17.1 Å². The van der Waals surface area contributed by atoms with Gasteiger partial charge in [0.05, 0.1) is 0 Å². The van der Waals surface area contributed by atoms with Crippen LogP contribution in [0.2, 0.25) is 0 Å². The minimum Gasteiger partial charge on any atom is -0.370 e. The molecule has 1 aromatic rings. The Morgan fingerprint density at radius 2 is 1.67 bits per heavy atom. The molecule has 21 heavy (non-hydrogen) atoms. The number of hydrogen-bond acceptors (Lipinski definition) is 3. The van der Waals surface area contributed by atoms with Gasteiger partial charge < -0.3 is 5.32 Å². The summed E-state index contributed by atoms with van der Waals surface area (Å²) in [5.74, 6) is 2.74. The van der Waals surface area contributed by atoms with Crippen LogP contribution in [0, 0.1) is 6.92 Å². The molecule has 0 spiro atoms. The fourth-order valence-electron chi connectivity index (χ4n) is 3.33. The van der Waals surface area contributed by atoms with Gasteiger partial charge in [0.2, 0.25) is 0 Å². The minimum absolute atomic E-state index is 0.567. The fourth-order valence-corrected chi connectivity index (χ4v) is 3.33. The van der Waals surface area contributed by atoms with Gasteiger partial charge >= 0.3 is 0 Å². The number of aromatic nitrogens is 2. The summed E-state index contributed by atoms with van der Waals surface area (Å²) in [6, 6.07) is 0. The molecule has 0 aromatic carbocycles. The average molecular weight is 289 g/mol. The molecule has 1 fully saturated rings. The molecule has 118 valence electrons. The van der Waals surface area contributed by atoms with Gasteiger partial charge in [-0.25, -0.2) is 9.97 Å². The molecule has 2 rings (SSSR count). The van der Waals surface area contributed by atoms with E-state index in [4.69, 9.17) is 9.97 Å². The van der Waals surface area contributed by atoms with Gasteiger partial charge in [-0.3, -0.25) is 0 Å². The summed E-state index contributed by atoms with van der Waals surface area (Å²) >= 11 is 0. The summed E-state index contributed by atoms with van der Waals surface area (Å²) in [4.78, 5) is 9.77. The summed E-state index contributed by atoms with van der Waals surface area (Å²) in [6.45, 7) is 7.53. The number of anilines is 1. The normalized spacial score (nSPS) is 17.3. The predicted molar refractivity (Wildman–Crippen MR) is 90.0 cm³/mol. The fraction of sp³-hybridized carbons (Fsp3) is 0.778. The topological polar surface area (TPSA) is 37.8 Å². The van der Waals surface area contributed by atoms with Crippen LogP contribution in [-0.4, -0.2) is 16.5 Å². The molecule has 1 aromatic heterocycles. The molecular formula is C18H31N3. The first-order valence-corrected chi connectivity index (χ1v) is 8.87. The summed E-state index contributed by atoms with van der Waals surface area (Å²) in [5.41, 5.74) is 2.46. The van der Waals surface area contributed by atoms with Crippen LogP contribution in [0.4, 0.5) is 5.82 Å². The Kier molecular flexibility index (Phi) is 6.47. The van der Waals surface area contributed by atoms with Crippen molar-refractivity contribution in [2.75, 3.05) is 11.9 Å². The van der Waals surface area contributed by atoms with Gasteiger partial charge in [-0.1, -0.05) is 46.0 Å². The Morgan fingerprint density at radius 3 is 2.29 bits per heavy atom. The molecule has 3 nitrogen and oxygen atoms in total. The van der Waals surface area contributed by atoms with Gasteiger partial charge in [0.15, 0.2) is 0 Å². The molecule has 0 aliphatic heterocycles. The third-order valence-electron chi connectivity index (χ3n) is 4.60. The molecule has 1 aliphatic rings. The van der Waals surface area contributed by atoms with Gasteiger partial charge in [0, 0.05) is 23.7 Å². The van der Waals surface area contributed by atoms with Gasteiger partial charge in [-0.05, 0) is 32.6 Å². The standard InChI is InChI=1S/C18H31N3/c1-4-13-19-18-16(5-2)14(3)20-17(21-18)15-11-9-7-6-8-10-12-15/h15H,4-13H2,1-3H3,(H,19,20,21). The highest BCUT2D eigenvalue weighted by Crippen LogP contribution is 2.30. The maximum absolute atomic E-state index is 4.92. The molecule has 3 heteroatoms. The lowest BCUT2D eigenvalue weighted by molar-refractivity contribution is 0.441. The number of hydrogen-bond donors (Lipinski definition) is 1. The van der Waals surface area contributed by atoms with Crippen molar-refractivity contribution in [3.8, 4) is 0 Å². The van der Waals surface area contributed by atoms with Crippen molar-refractivity contribution >= 4 is 5.82 Å². The summed E-state index contributed by atoms with van der Waals surface area (Å²) in [5, 5.41) is 3.51. The minimum atomic E-state index is 0.567. The maximum Gasteiger partial charge on any atom is 0.134 e. The van der Waals surface area contributed by atoms with E-state index in [0.29, 0.717) is 5.92 Å². The Morgan fingerprint density at radius 1 is 1.00 bits per heavy atom. The van der Waals surface area contributed by atoms with Crippen molar-refractivity contribution < 1.29 is 0 Å². The maximum atomic E-state index is 4.92. The zero-order valence-corrected chi connectivity index (χ0v) is 14.0. The van der Waals surface area contributed by atoms with E-state index < -0.39 is 0 Å². The Bertz CT molecular complexity index is 434. The predicted octanol–water partition coefficient (Wildman–Crippen LogP) is 5.00. The smallest absolute Gasteiger partial charge is 0.134 e. The number of nitrogens with zero attached hydrogens (tertiary/aromatic N) is 2. The third-order valence-corrected chi connectivity index (χ3v) is 4.60. The molecule has 1 aliphatic carbocycles. The quantitative estimate of drug-likeness (QED) is 0.829. The lowest BCUT2D eigenvalue weighted by atomic mass is 9.90. The molecule has 1 heterocycles. The van der Waals surface area contributed by atoms with E-state index in [9.17, 15) is 0 Å². The Hall–Kier alpha value is -1.12. The average Bonchev–Trinajstić information content (AvgIpc) is 2.44. The molecule has 0 atom stereocenters. The molecule has 0 saturated heterocycles. The van der Waals surface area contributed by atoms with Crippen LogP contribution in [0.25, 0.3) is 0 Å². The van der Waals surface area contributed by atoms with Crippen molar-refractivity contribution in [1.82, 2.24) is 9.97 Å². The van der Waals surface area contributed by atoms with E-state index in [-0.39, 0.29) is 0 Å². The monoisotopic (exact) mass is 289 g/mol. The van der Waals surface area contributed by atoms with Crippen LogP contribution in [0.1, 0.15) is 88.2 Å². The molecule has 1 N–H and O–H groups in total. The zero-order chi connectivity index (χ0) is 15.1. The number of aryl methyl sites for hydroxylation is 1. The first-order chi connectivity index (χ1) is 10.3. The molecule has 0 radical (unpaired) electrons. The largest absolute Gasteiger partial charge is 0.370 e. The summed E-state index contributed by atoms with van der Waals surface area (Å²) < 4.78 is 0. The first kappa shape index (κ1) is 16.3.